The van der Waals surface area contributed by atoms with E-state index in [-0.39, 0.29) is 10.6 Å². The van der Waals surface area contributed by atoms with Crippen molar-refractivity contribution in [2.75, 3.05) is 10.0 Å². The van der Waals surface area contributed by atoms with Gasteiger partial charge in [0.25, 0.3) is 10.0 Å². The third kappa shape index (κ3) is 3.86. The maximum atomic E-state index is 12.5. The first-order valence-electron chi connectivity index (χ1n) is 7.72. The Kier molecular flexibility index (Phi) is 4.68. The Labute approximate surface area is 150 Å². The molecule has 0 aliphatic heterocycles. The maximum Gasteiger partial charge on any atom is 0.352 e. The van der Waals surface area contributed by atoms with Crippen molar-refractivity contribution < 1.29 is 18.3 Å². The van der Waals surface area contributed by atoms with Crippen LogP contribution in [0, 0.1) is 6.92 Å². The predicted molar refractivity (Wildman–Crippen MR) is 99.5 cm³/mol. The van der Waals surface area contributed by atoms with Crippen molar-refractivity contribution in [2.45, 2.75) is 11.8 Å². The molecule has 0 unspecified atom stereocenters. The van der Waals surface area contributed by atoms with Crippen LogP contribution in [0.1, 0.15) is 16.1 Å². The van der Waals surface area contributed by atoms with Gasteiger partial charge >= 0.3 is 5.97 Å². The monoisotopic (exact) mass is 371 g/mol. The number of benzene rings is 2. The third-order valence-electron chi connectivity index (χ3n) is 3.70. The van der Waals surface area contributed by atoms with E-state index in [1.54, 1.807) is 24.3 Å². The summed E-state index contributed by atoms with van der Waals surface area (Å²) in [6, 6.07) is 15.6. The first-order valence-corrected chi connectivity index (χ1v) is 9.21. The molecular formula is C18H17N3O4S. The molecule has 1 heterocycles. The standard InChI is InChI=1S/C18H17N3O4S/c1-12-6-8-13(9-7-12)20-15-4-2-3-5-16(15)21-26(24,25)14-10-17(18(22)23)19-11-14/h2-11,19-21H,1H3,(H,22,23). The van der Waals surface area contributed by atoms with E-state index in [1.807, 2.05) is 31.2 Å². The molecule has 0 bridgehead atoms. The van der Waals surface area contributed by atoms with Crippen LogP contribution in [-0.4, -0.2) is 24.5 Å². The van der Waals surface area contributed by atoms with Gasteiger partial charge in [-0.2, -0.15) is 0 Å². The minimum Gasteiger partial charge on any atom is -0.477 e. The van der Waals surface area contributed by atoms with Gasteiger partial charge in [0.15, 0.2) is 0 Å². The van der Waals surface area contributed by atoms with Crippen LogP contribution < -0.4 is 10.0 Å². The third-order valence-corrected chi connectivity index (χ3v) is 5.04. The van der Waals surface area contributed by atoms with Crippen LogP contribution in [0.2, 0.25) is 0 Å². The fourth-order valence-corrected chi connectivity index (χ4v) is 3.40. The zero-order valence-electron chi connectivity index (χ0n) is 13.9. The number of nitrogens with one attached hydrogen (secondary N) is 3. The van der Waals surface area contributed by atoms with Crippen molar-refractivity contribution in [3.05, 3.63) is 72.1 Å². The second kappa shape index (κ2) is 6.93. The van der Waals surface area contributed by atoms with Crippen molar-refractivity contribution in [2.24, 2.45) is 0 Å². The zero-order chi connectivity index (χ0) is 18.7. The van der Waals surface area contributed by atoms with Gasteiger partial charge in [-0.3, -0.25) is 4.72 Å². The van der Waals surface area contributed by atoms with Crippen molar-refractivity contribution >= 4 is 33.1 Å². The second-order valence-corrected chi connectivity index (χ2v) is 7.38. The lowest BCUT2D eigenvalue weighted by Gasteiger charge is -2.14. The summed E-state index contributed by atoms with van der Waals surface area (Å²) in [5.74, 6) is -1.23. The largest absolute Gasteiger partial charge is 0.477 e. The zero-order valence-corrected chi connectivity index (χ0v) is 14.7. The number of hydrogen-bond donors (Lipinski definition) is 4. The summed E-state index contributed by atoms with van der Waals surface area (Å²) in [5.41, 5.74) is 2.67. The molecule has 4 N–H and O–H groups in total. The van der Waals surface area contributed by atoms with E-state index < -0.39 is 16.0 Å². The number of carboxylic acids is 1. The van der Waals surface area contributed by atoms with Crippen molar-refractivity contribution in [1.29, 1.82) is 0 Å². The maximum absolute atomic E-state index is 12.5. The van der Waals surface area contributed by atoms with Gasteiger partial charge in [-0.1, -0.05) is 29.8 Å². The van der Waals surface area contributed by atoms with Crippen LogP contribution in [0.3, 0.4) is 0 Å². The summed E-state index contributed by atoms with van der Waals surface area (Å²) < 4.78 is 27.6. The predicted octanol–water partition coefficient (Wildman–Crippen LogP) is 3.57. The molecule has 134 valence electrons. The van der Waals surface area contributed by atoms with Crippen LogP contribution in [0.4, 0.5) is 17.1 Å². The highest BCUT2D eigenvalue weighted by Gasteiger charge is 2.19. The number of sulfonamides is 1. The molecule has 0 radical (unpaired) electrons. The van der Waals surface area contributed by atoms with E-state index in [4.69, 9.17) is 5.11 Å². The molecule has 0 aliphatic carbocycles. The average molecular weight is 371 g/mol. The summed E-state index contributed by atoms with van der Waals surface area (Å²) in [6.45, 7) is 1.98. The van der Waals surface area contributed by atoms with Gasteiger partial charge in [0.2, 0.25) is 0 Å². The van der Waals surface area contributed by atoms with Crippen molar-refractivity contribution in [1.82, 2.24) is 4.98 Å². The molecule has 0 aliphatic rings. The molecule has 0 saturated carbocycles. The van der Waals surface area contributed by atoms with Gasteiger partial charge in [-0.25, -0.2) is 13.2 Å². The smallest absolute Gasteiger partial charge is 0.352 e. The number of aromatic nitrogens is 1. The van der Waals surface area contributed by atoms with E-state index in [0.717, 1.165) is 23.5 Å². The Morgan fingerprint density at radius 3 is 2.31 bits per heavy atom. The molecule has 1 aromatic heterocycles. The molecule has 7 nitrogen and oxygen atoms in total. The summed E-state index contributed by atoms with van der Waals surface area (Å²) in [6.07, 6.45) is 1.14. The average Bonchev–Trinajstić information content (AvgIpc) is 3.10. The lowest BCUT2D eigenvalue weighted by atomic mass is 10.2. The van der Waals surface area contributed by atoms with E-state index in [0.29, 0.717) is 11.4 Å². The Hall–Kier alpha value is -3.26. The molecule has 2 aromatic carbocycles. The van der Waals surface area contributed by atoms with Gasteiger partial charge in [0.05, 0.1) is 11.4 Å². The Bertz CT molecular complexity index is 1040. The first kappa shape index (κ1) is 17.6. The Morgan fingerprint density at radius 1 is 1.04 bits per heavy atom. The molecule has 26 heavy (non-hydrogen) atoms. The molecule has 0 amide bonds. The minimum atomic E-state index is -3.93. The number of aromatic carboxylic acids is 1. The highest BCUT2D eigenvalue weighted by atomic mass is 32.2. The van der Waals surface area contributed by atoms with E-state index in [1.165, 1.54) is 0 Å². The fraction of sp³-hybridized carbons (Fsp3) is 0.0556. The van der Waals surface area contributed by atoms with Crippen molar-refractivity contribution in [3.63, 3.8) is 0 Å². The molecule has 3 aromatic rings. The number of hydrogen-bond acceptors (Lipinski definition) is 4. The van der Waals surface area contributed by atoms with Crippen LogP contribution in [0.25, 0.3) is 0 Å². The van der Waals surface area contributed by atoms with Gasteiger partial charge in [-0.15, -0.1) is 0 Å². The van der Waals surface area contributed by atoms with E-state index in [2.05, 4.69) is 15.0 Å². The van der Waals surface area contributed by atoms with Crippen LogP contribution in [-0.2, 0) is 10.0 Å². The van der Waals surface area contributed by atoms with Crippen LogP contribution >= 0.6 is 0 Å². The van der Waals surface area contributed by atoms with E-state index in [9.17, 15) is 13.2 Å². The number of aromatic amines is 1. The lowest BCUT2D eigenvalue weighted by Crippen LogP contribution is -2.13. The highest BCUT2D eigenvalue weighted by Crippen LogP contribution is 2.27. The molecule has 3 rings (SSSR count). The number of H-pyrrole nitrogens is 1. The number of rotatable bonds is 6. The molecule has 0 fully saturated rings. The summed E-state index contributed by atoms with van der Waals surface area (Å²) in [7, 11) is -3.93. The van der Waals surface area contributed by atoms with Gasteiger partial charge in [0.1, 0.15) is 10.6 Å². The van der Waals surface area contributed by atoms with Gasteiger partial charge in [-0.05, 0) is 37.3 Å². The molecule has 0 atom stereocenters. The molecule has 8 heteroatoms. The number of carbonyl (C=O) groups is 1. The van der Waals surface area contributed by atoms with E-state index >= 15 is 0 Å². The SMILES string of the molecule is Cc1ccc(Nc2ccccc2NS(=O)(=O)c2c[nH]c(C(=O)O)c2)cc1. The minimum absolute atomic E-state index is 0.153. The first-order chi connectivity index (χ1) is 12.3. The lowest BCUT2D eigenvalue weighted by molar-refractivity contribution is 0.0691. The summed E-state index contributed by atoms with van der Waals surface area (Å²) in [5, 5.41) is 12.1. The van der Waals surface area contributed by atoms with Crippen LogP contribution in [0.5, 0.6) is 0 Å². The van der Waals surface area contributed by atoms with Gasteiger partial charge in [0, 0.05) is 11.9 Å². The second-order valence-electron chi connectivity index (χ2n) is 5.70. The summed E-state index contributed by atoms with van der Waals surface area (Å²) >= 11 is 0. The number of anilines is 3. The molecule has 0 saturated heterocycles. The highest BCUT2D eigenvalue weighted by molar-refractivity contribution is 7.92. The number of aryl methyl sites for hydroxylation is 1. The van der Waals surface area contributed by atoms with Crippen LogP contribution in [0.15, 0.2) is 65.7 Å². The fourth-order valence-electron chi connectivity index (χ4n) is 2.33. The van der Waals surface area contributed by atoms with Crippen molar-refractivity contribution in [3.8, 4) is 0 Å². The van der Waals surface area contributed by atoms with Gasteiger partial charge < -0.3 is 15.4 Å². The summed E-state index contributed by atoms with van der Waals surface area (Å²) in [4.78, 5) is 13.2. The topological polar surface area (TPSA) is 111 Å². The Morgan fingerprint density at radius 2 is 1.69 bits per heavy atom. The number of carboxylic acid groups (broad SMARTS) is 1. The quantitative estimate of drug-likeness (QED) is 0.529. The Balaban J connectivity index is 1.87. The normalized spacial score (nSPS) is 11.1. The molecule has 0 spiro atoms. The molecular weight excluding hydrogens is 354 g/mol. The number of para-hydroxylation sites is 2.